The first-order valence-corrected chi connectivity index (χ1v) is 8.06. The fraction of sp³-hybridized carbons (Fsp3) is 1.00. The summed E-state index contributed by atoms with van der Waals surface area (Å²) in [6.07, 6.45) is 6.24. The van der Waals surface area contributed by atoms with Crippen LogP contribution in [0.4, 0.5) is 0 Å². The second kappa shape index (κ2) is 6.01. The molecule has 2 unspecified atom stereocenters. The third kappa shape index (κ3) is 3.45. The van der Waals surface area contributed by atoms with E-state index in [-0.39, 0.29) is 5.75 Å². The molecule has 0 aromatic rings. The second-order valence-electron chi connectivity index (χ2n) is 4.89. The van der Waals surface area contributed by atoms with Gasteiger partial charge in [-0.05, 0) is 25.2 Å². The molecule has 1 aliphatic rings. The lowest BCUT2D eigenvalue weighted by molar-refractivity contribution is 0.201. The molecule has 0 aliphatic heterocycles. The van der Waals surface area contributed by atoms with Crippen LogP contribution >= 0.6 is 0 Å². The molecule has 0 spiro atoms. The van der Waals surface area contributed by atoms with E-state index in [1.807, 2.05) is 0 Å². The highest BCUT2D eigenvalue weighted by Crippen LogP contribution is 2.32. The number of hydrogen-bond acceptors (Lipinski definition) is 2. The molecule has 0 heterocycles. The highest BCUT2D eigenvalue weighted by atomic mass is 32.2. The highest BCUT2D eigenvalue weighted by Gasteiger charge is 2.27. The predicted molar refractivity (Wildman–Crippen MR) is 67.8 cm³/mol. The Balaban J connectivity index is 2.58. The Morgan fingerprint density at radius 1 is 1.12 bits per heavy atom. The van der Waals surface area contributed by atoms with Crippen LogP contribution in [0.25, 0.3) is 0 Å². The van der Waals surface area contributed by atoms with E-state index < -0.39 is 10.0 Å². The van der Waals surface area contributed by atoms with Crippen molar-refractivity contribution in [3.8, 4) is 0 Å². The number of sulfonamides is 1. The maximum atomic E-state index is 11.7. The van der Waals surface area contributed by atoms with E-state index in [1.165, 1.54) is 32.1 Å². The van der Waals surface area contributed by atoms with Gasteiger partial charge < -0.3 is 0 Å². The molecule has 1 rings (SSSR count). The Labute approximate surface area is 100 Å². The van der Waals surface area contributed by atoms with Crippen molar-refractivity contribution in [1.29, 1.82) is 0 Å². The minimum absolute atomic E-state index is 0.215. The number of rotatable bonds is 5. The Bertz CT molecular complexity index is 300. The minimum Gasteiger partial charge on any atom is -0.212 e. The summed E-state index contributed by atoms with van der Waals surface area (Å²) in [5.74, 6) is 1.51. The van der Waals surface area contributed by atoms with Gasteiger partial charge in [0.25, 0.3) is 0 Å². The Morgan fingerprint density at radius 3 is 2.19 bits per heavy atom. The summed E-state index contributed by atoms with van der Waals surface area (Å²) >= 11 is 0. The van der Waals surface area contributed by atoms with Crippen LogP contribution in [-0.2, 0) is 10.0 Å². The maximum Gasteiger partial charge on any atom is 0.213 e. The predicted octanol–water partition coefficient (Wildman–Crippen LogP) is 2.48. The van der Waals surface area contributed by atoms with Gasteiger partial charge in [0, 0.05) is 13.6 Å². The first kappa shape index (κ1) is 14.0. The van der Waals surface area contributed by atoms with Crippen molar-refractivity contribution in [2.24, 2.45) is 11.8 Å². The monoisotopic (exact) mass is 247 g/mol. The largest absolute Gasteiger partial charge is 0.213 e. The van der Waals surface area contributed by atoms with Gasteiger partial charge in [0.15, 0.2) is 0 Å². The molecule has 1 aliphatic carbocycles. The highest BCUT2D eigenvalue weighted by molar-refractivity contribution is 7.89. The van der Waals surface area contributed by atoms with Crippen molar-refractivity contribution in [2.75, 3.05) is 19.3 Å². The molecule has 4 heteroatoms. The summed E-state index contributed by atoms with van der Waals surface area (Å²) in [5, 5.41) is 0. The van der Waals surface area contributed by atoms with Gasteiger partial charge in [0.1, 0.15) is 0 Å². The van der Waals surface area contributed by atoms with Crippen molar-refractivity contribution in [2.45, 2.75) is 46.0 Å². The lowest BCUT2D eigenvalue weighted by atomic mass is 9.78. The van der Waals surface area contributed by atoms with Crippen LogP contribution in [-0.4, -0.2) is 32.1 Å². The van der Waals surface area contributed by atoms with Crippen LogP contribution in [0.2, 0.25) is 0 Å². The normalized spacial score (nSPS) is 27.2. The molecule has 1 saturated carbocycles. The Morgan fingerprint density at radius 2 is 1.69 bits per heavy atom. The molecule has 0 radical (unpaired) electrons. The summed E-state index contributed by atoms with van der Waals surface area (Å²) in [7, 11) is -1.27. The third-order valence-corrected chi connectivity index (χ3v) is 5.75. The van der Waals surface area contributed by atoms with E-state index >= 15 is 0 Å². The topological polar surface area (TPSA) is 37.4 Å². The van der Waals surface area contributed by atoms with E-state index in [1.54, 1.807) is 18.3 Å². The zero-order valence-electron chi connectivity index (χ0n) is 10.8. The van der Waals surface area contributed by atoms with E-state index in [0.717, 1.165) is 5.92 Å². The van der Waals surface area contributed by atoms with Crippen molar-refractivity contribution >= 4 is 10.0 Å². The van der Waals surface area contributed by atoms with Gasteiger partial charge in [-0.2, -0.15) is 0 Å². The van der Waals surface area contributed by atoms with E-state index in [9.17, 15) is 8.42 Å². The van der Waals surface area contributed by atoms with Gasteiger partial charge in [-0.3, -0.25) is 0 Å². The average molecular weight is 247 g/mol. The van der Waals surface area contributed by atoms with Crippen molar-refractivity contribution in [3.05, 3.63) is 0 Å². The quantitative estimate of drug-likeness (QED) is 0.748. The standard InChI is InChI=1S/C12H25NO2S/c1-4-11-8-6-7-9-12(11)10-13(3)16(14,15)5-2/h11-12H,4-10H2,1-3H3. The molecule has 0 aromatic heterocycles. The zero-order valence-corrected chi connectivity index (χ0v) is 11.6. The smallest absolute Gasteiger partial charge is 0.212 e. The molecule has 3 nitrogen and oxygen atoms in total. The molecule has 0 aromatic carbocycles. The molecular weight excluding hydrogens is 222 g/mol. The van der Waals surface area contributed by atoms with Crippen LogP contribution < -0.4 is 0 Å². The van der Waals surface area contributed by atoms with E-state index in [2.05, 4.69) is 6.92 Å². The third-order valence-electron chi connectivity index (χ3n) is 3.92. The van der Waals surface area contributed by atoms with Crippen LogP contribution in [0.1, 0.15) is 46.0 Å². The lowest BCUT2D eigenvalue weighted by Gasteiger charge is -2.33. The first-order valence-electron chi connectivity index (χ1n) is 6.45. The molecular formula is C12H25NO2S. The first-order chi connectivity index (χ1) is 7.51. The molecule has 96 valence electrons. The van der Waals surface area contributed by atoms with Crippen molar-refractivity contribution < 1.29 is 8.42 Å². The fourth-order valence-corrected chi connectivity index (χ4v) is 3.59. The summed E-state index contributed by atoms with van der Waals surface area (Å²) in [5.41, 5.74) is 0. The van der Waals surface area contributed by atoms with Gasteiger partial charge in [-0.25, -0.2) is 12.7 Å². The van der Waals surface area contributed by atoms with Crippen LogP contribution in [0.5, 0.6) is 0 Å². The molecule has 2 atom stereocenters. The Hall–Kier alpha value is -0.0900. The SMILES string of the molecule is CCC1CCCCC1CN(C)S(=O)(=O)CC. The van der Waals surface area contributed by atoms with Crippen molar-refractivity contribution in [3.63, 3.8) is 0 Å². The van der Waals surface area contributed by atoms with Gasteiger partial charge in [0.2, 0.25) is 10.0 Å². The van der Waals surface area contributed by atoms with E-state index in [4.69, 9.17) is 0 Å². The number of nitrogens with zero attached hydrogens (tertiary/aromatic N) is 1. The molecule has 0 N–H and O–H groups in total. The molecule has 16 heavy (non-hydrogen) atoms. The van der Waals surface area contributed by atoms with Crippen LogP contribution in [0.15, 0.2) is 0 Å². The molecule has 0 bridgehead atoms. The Kier molecular flexibility index (Phi) is 5.25. The number of hydrogen-bond donors (Lipinski definition) is 0. The maximum absolute atomic E-state index is 11.7. The zero-order chi connectivity index (χ0) is 12.2. The van der Waals surface area contributed by atoms with Gasteiger partial charge in [-0.15, -0.1) is 0 Å². The lowest BCUT2D eigenvalue weighted by Crippen LogP contribution is -2.36. The molecule has 0 amide bonds. The van der Waals surface area contributed by atoms with Crippen molar-refractivity contribution in [1.82, 2.24) is 4.31 Å². The van der Waals surface area contributed by atoms with Crippen LogP contribution in [0, 0.1) is 11.8 Å². The fourth-order valence-electron chi connectivity index (χ4n) is 2.73. The van der Waals surface area contributed by atoms with E-state index in [0.29, 0.717) is 12.5 Å². The molecule has 1 fully saturated rings. The minimum atomic E-state index is -3.00. The summed E-state index contributed by atoms with van der Waals surface area (Å²) < 4.78 is 24.9. The van der Waals surface area contributed by atoms with Gasteiger partial charge in [0.05, 0.1) is 5.75 Å². The van der Waals surface area contributed by atoms with Crippen LogP contribution in [0.3, 0.4) is 0 Å². The molecule has 0 saturated heterocycles. The van der Waals surface area contributed by atoms with Gasteiger partial charge >= 0.3 is 0 Å². The second-order valence-corrected chi connectivity index (χ2v) is 7.26. The summed E-state index contributed by atoms with van der Waals surface area (Å²) in [6, 6.07) is 0. The summed E-state index contributed by atoms with van der Waals surface area (Å²) in [4.78, 5) is 0. The average Bonchev–Trinajstić information content (AvgIpc) is 2.29. The summed E-state index contributed by atoms with van der Waals surface area (Å²) in [6.45, 7) is 4.65. The van der Waals surface area contributed by atoms with Gasteiger partial charge in [-0.1, -0.05) is 32.6 Å².